The number of carbonyl (C=O) groups is 1. The molecular formula is C27H28N6O4. The zero-order valence-corrected chi connectivity index (χ0v) is 21.2. The van der Waals surface area contributed by atoms with Gasteiger partial charge in [-0.2, -0.15) is 10.2 Å². The Morgan fingerprint density at radius 3 is 2.76 bits per heavy atom. The fourth-order valence-electron chi connectivity index (χ4n) is 3.91. The number of aromatic nitrogens is 3. The maximum Gasteiger partial charge on any atom is 0.243 e. The minimum atomic E-state index is -1.23. The summed E-state index contributed by atoms with van der Waals surface area (Å²) in [5, 5.41) is 16.3. The van der Waals surface area contributed by atoms with Gasteiger partial charge in [0.2, 0.25) is 11.8 Å². The number of nitriles is 1. The molecule has 2 heterocycles. The van der Waals surface area contributed by atoms with Crippen LogP contribution >= 0.6 is 0 Å². The Kier molecular flexibility index (Phi) is 7.65. The van der Waals surface area contributed by atoms with Crippen LogP contribution in [0.4, 0.5) is 5.82 Å². The lowest BCUT2D eigenvalue weighted by Crippen LogP contribution is -2.40. The number of hydrogen-bond donors (Lipinski definition) is 1. The molecule has 10 nitrogen and oxygen atoms in total. The number of allylic oxidation sites excluding steroid dienone is 3. The average Bonchev–Trinajstić information content (AvgIpc) is 3.35. The van der Waals surface area contributed by atoms with Gasteiger partial charge in [0.05, 0.1) is 13.3 Å². The van der Waals surface area contributed by atoms with E-state index in [0.717, 1.165) is 16.9 Å². The first kappa shape index (κ1) is 25.6. The number of carbonyl (C=O) groups excluding carboxylic acids is 1. The Morgan fingerprint density at radius 1 is 1.30 bits per heavy atom. The number of amides is 1. The molecule has 0 spiro atoms. The van der Waals surface area contributed by atoms with Crippen LogP contribution in [0.3, 0.4) is 0 Å². The number of methoxy groups -OCH3 is 1. The number of pyridine rings is 1. The fourth-order valence-corrected chi connectivity index (χ4v) is 3.91. The molecule has 10 heteroatoms. The fraction of sp³-hybridized carbons (Fsp3) is 0.296. The molecule has 3 aromatic rings. The molecule has 4 rings (SSSR count). The van der Waals surface area contributed by atoms with Crippen molar-refractivity contribution < 1.29 is 18.8 Å². The first-order chi connectivity index (χ1) is 17.9. The zero-order chi connectivity index (χ0) is 26.4. The summed E-state index contributed by atoms with van der Waals surface area (Å²) >= 11 is 0. The van der Waals surface area contributed by atoms with Crippen LogP contribution in [0, 0.1) is 18.3 Å². The first-order valence-electron chi connectivity index (χ1n) is 11.7. The number of ether oxygens (including phenoxy) is 2. The molecular weight excluding hydrogens is 472 g/mol. The van der Waals surface area contributed by atoms with Crippen LogP contribution in [-0.2, 0) is 10.2 Å². The Hall–Kier alpha value is -4.49. The standard InChI is InChI=1S/C27H28N6O4/c1-18-30-25(32-37-18)27(11-9-19(10-12-27)21-7-5-6-8-22(21)35-4)26(34)31-24-15-23(20(16-28)17-29-24)36-14-13-33(2)3/h5-11,15,17H,12-14H2,1-4H3,(H,29,31,34). The number of hydrogen-bond acceptors (Lipinski definition) is 9. The van der Waals surface area contributed by atoms with E-state index in [9.17, 15) is 10.1 Å². The van der Waals surface area contributed by atoms with E-state index in [1.165, 1.54) is 6.20 Å². The largest absolute Gasteiger partial charge is 0.496 e. The third-order valence-corrected chi connectivity index (χ3v) is 5.97. The van der Waals surface area contributed by atoms with Crippen molar-refractivity contribution in [1.29, 1.82) is 5.26 Å². The smallest absolute Gasteiger partial charge is 0.243 e. The second-order valence-electron chi connectivity index (χ2n) is 8.79. The topological polar surface area (TPSA) is 126 Å². The van der Waals surface area contributed by atoms with Gasteiger partial charge < -0.3 is 24.2 Å². The van der Waals surface area contributed by atoms with Gasteiger partial charge in [0.15, 0.2) is 5.82 Å². The average molecular weight is 501 g/mol. The van der Waals surface area contributed by atoms with E-state index in [1.807, 2.05) is 55.4 Å². The summed E-state index contributed by atoms with van der Waals surface area (Å²) in [6.07, 6.45) is 7.23. The number of aryl methyl sites for hydroxylation is 1. The number of anilines is 1. The minimum Gasteiger partial charge on any atom is -0.496 e. The van der Waals surface area contributed by atoms with E-state index in [4.69, 9.17) is 14.0 Å². The van der Waals surface area contributed by atoms with Crippen LogP contribution in [0.2, 0.25) is 0 Å². The number of nitrogens with one attached hydrogen (secondary N) is 1. The second kappa shape index (κ2) is 11.1. The maximum atomic E-state index is 13.7. The highest BCUT2D eigenvalue weighted by atomic mass is 16.5. The summed E-state index contributed by atoms with van der Waals surface area (Å²) in [7, 11) is 5.48. The van der Waals surface area contributed by atoms with E-state index in [0.29, 0.717) is 24.8 Å². The van der Waals surface area contributed by atoms with Crippen molar-refractivity contribution >= 4 is 17.3 Å². The number of rotatable bonds is 9. The van der Waals surface area contributed by atoms with E-state index in [2.05, 4.69) is 26.5 Å². The summed E-state index contributed by atoms with van der Waals surface area (Å²) < 4.78 is 16.5. The Labute approximate surface area is 215 Å². The van der Waals surface area contributed by atoms with Crippen molar-refractivity contribution in [2.45, 2.75) is 18.8 Å². The monoisotopic (exact) mass is 500 g/mol. The molecule has 1 N–H and O–H groups in total. The van der Waals surface area contributed by atoms with Crippen molar-refractivity contribution in [2.75, 3.05) is 39.7 Å². The minimum absolute atomic E-state index is 0.241. The Balaban J connectivity index is 1.63. The molecule has 1 aliphatic rings. The lowest BCUT2D eigenvalue weighted by Gasteiger charge is -2.28. The first-order valence-corrected chi connectivity index (χ1v) is 11.7. The van der Waals surface area contributed by atoms with E-state index in [1.54, 1.807) is 26.2 Å². The van der Waals surface area contributed by atoms with Crippen molar-refractivity contribution in [3.8, 4) is 17.6 Å². The highest BCUT2D eigenvalue weighted by Crippen LogP contribution is 2.38. The predicted molar refractivity (Wildman–Crippen MR) is 137 cm³/mol. The lowest BCUT2D eigenvalue weighted by molar-refractivity contribution is -0.120. The van der Waals surface area contributed by atoms with Gasteiger partial charge in [-0.05, 0) is 32.2 Å². The van der Waals surface area contributed by atoms with Gasteiger partial charge in [-0.15, -0.1) is 0 Å². The molecule has 1 amide bonds. The molecule has 0 aliphatic heterocycles. The van der Waals surface area contributed by atoms with Gasteiger partial charge in [-0.25, -0.2) is 4.98 Å². The molecule has 0 saturated heterocycles. The maximum absolute atomic E-state index is 13.7. The molecule has 0 fully saturated rings. The third-order valence-electron chi connectivity index (χ3n) is 5.97. The molecule has 190 valence electrons. The Bertz CT molecular complexity index is 1390. The highest BCUT2D eigenvalue weighted by Gasteiger charge is 2.43. The summed E-state index contributed by atoms with van der Waals surface area (Å²) in [5.74, 6) is 1.52. The third kappa shape index (κ3) is 5.52. The van der Waals surface area contributed by atoms with E-state index >= 15 is 0 Å². The summed E-state index contributed by atoms with van der Waals surface area (Å²) in [6, 6.07) is 11.3. The van der Waals surface area contributed by atoms with Crippen molar-refractivity contribution in [3.63, 3.8) is 0 Å². The van der Waals surface area contributed by atoms with Crippen LogP contribution < -0.4 is 14.8 Å². The number of likely N-dealkylation sites (N-methyl/N-ethyl adjacent to an activating group) is 1. The van der Waals surface area contributed by atoms with Crippen molar-refractivity contribution in [2.24, 2.45) is 0 Å². The van der Waals surface area contributed by atoms with Gasteiger partial charge in [0, 0.05) is 25.1 Å². The van der Waals surface area contributed by atoms with Gasteiger partial charge in [0.25, 0.3) is 0 Å². The summed E-state index contributed by atoms with van der Waals surface area (Å²) in [4.78, 5) is 24.3. The van der Waals surface area contributed by atoms with Crippen LogP contribution in [0.5, 0.6) is 11.5 Å². The second-order valence-corrected chi connectivity index (χ2v) is 8.79. The van der Waals surface area contributed by atoms with E-state index < -0.39 is 11.3 Å². The predicted octanol–water partition coefficient (Wildman–Crippen LogP) is 3.51. The van der Waals surface area contributed by atoms with Crippen LogP contribution in [-0.4, -0.2) is 60.3 Å². The zero-order valence-electron chi connectivity index (χ0n) is 21.2. The number of benzene rings is 1. The normalized spacial score (nSPS) is 16.7. The molecule has 1 aliphatic carbocycles. The van der Waals surface area contributed by atoms with Gasteiger partial charge in [-0.3, -0.25) is 4.79 Å². The number of para-hydroxylation sites is 1. The van der Waals surface area contributed by atoms with E-state index in [-0.39, 0.29) is 23.6 Å². The molecule has 1 atom stereocenters. The summed E-state index contributed by atoms with van der Waals surface area (Å²) in [6.45, 7) is 2.72. The molecule has 0 saturated carbocycles. The van der Waals surface area contributed by atoms with Gasteiger partial charge >= 0.3 is 0 Å². The van der Waals surface area contributed by atoms with Crippen molar-refractivity contribution in [1.82, 2.24) is 20.0 Å². The Morgan fingerprint density at radius 2 is 2.11 bits per heavy atom. The molecule has 37 heavy (non-hydrogen) atoms. The van der Waals surface area contributed by atoms with Gasteiger partial charge in [0.1, 0.15) is 41.0 Å². The quantitative estimate of drug-likeness (QED) is 0.469. The SMILES string of the molecule is COc1ccccc1C1=CCC(C(=O)Nc2cc(OCCN(C)C)c(C#N)cn2)(c2noc(C)n2)C=C1. The van der Waals surface area contributed by atoms with Crippen molar-refractivity contribution in [3.05, 3.63) is 77.6 Å². The highest BCUT2D eigenvalue weighted by molar-refractivity contribution is 6.01. The number of nitrogens with zero attached hydrogens (tertiary/aromatic N) is 5. The molecule has 0 radical (unpaired) electrons. The van der Waals surface area contributed by atoms with Crippen LogP contribution in [0.1, 0.15) is 29.3 Å². The molecule has 0 bridgehead atoms. The molecule has 1 aromatic carbocycles. The van der Waals surface area contributed by atoms with Crippen LogP contribution in [0.25, 0.3) is 5.57 Å². The molecule has 1 unspecified atom stereocenters. The summed E-state index contributed by atoms with van der Waals surface area (Å²) in [5.41, 5.74) is 0.870. The van der Waals surface area contributed by atoms with Gasteiger partial charge in [-0.1, -0.05) is 41.6 Å². The molecule has 2 aromatic heterocycles. The lowest BCUT2D eigenvalue weighted by atomic mass is 9.77. The van der Waals surface area contributed by atoms with Crippen LogP contribution in [0.15, 0.2) is 59.3 Å².